The number of amides is 1. The molecule has 0 bridgehead atoms. The highest BCUT2D eigenvalue weighted by Crippen LogP contribution is 2.32. The van der Waals surface area contributed by atoms with Crippen LogP contribution in [0.25, 0.3) is 16.7 Å². The fraction of sp³-hybridized carbons (Fsp3) is 0.143. The van der Waals surface area contributed by atoms with Gasteiger partial charge in [-0.1, -0.05) is 29.4 Å². The third kappa shape index (κ3) is 4.14. The molecule has 2 aromatic carbocycles. The van der Waals surface area contributed by atoms with Crippen LogP contribution >= 0.6 is 23.4 Å². The second-order valence-corrected chi connectivity index (χ2v) is 8.24. The second kappa shape index (κ2) is 8.56. The Bertz CT molecular complexity index is 1390. The largest absolute Gasteiger partial charge is 0.486 e. The first kappa shape index (κ1) is 20.4. The number of nitrogens with one attached hydrogen (secondary N) is 2. The summed E-state index contributed by atoms with van der Waals surface area (Å²) in [5.41, 5.74) is 1.32. The zero-order chi connectivity index (χ0) is 22.1. The Balaban J connectivity index is 1.32. The second-order valence-electron chi connectivity index (χ2n) is 6.84. The van der Waals surface area contributed by atoms with E-state index in [2.05, 4.69) is 20.4 Å². The lowest BCUT2D eigenvalue weighted by atomic mass is 10.2. The fourth-order valence-electron chi connectivity index (χ4n) is 3.22. The Morgan fingerprint density at radius 3 is 2.88 bits per heavy atom. The van der Waals surface area contributed by atoms with E-state index >= 15 is 0 Å². The molecule has 4 aromatic rings. The molecular weight excluding hydrogens is 454 g/mol. The summed E-state index contributed by atoms with van der Waals surface area (Å²) in [6.07, 6.45) is 1.45. The van der Waals surface area contributed by atoms with Gasteiger partial charge in [0.1, 0.15) is 18.6 Å². The van der Waals surface area contributed by atoms with Crippen LogP contribution < -0.4 is 20.3 Å². The zero-order valence-electron chi connectivity index (χ0n) is 16.5. The Hall–Kier alpha value is -3.50. The number of benzene rings is 2. The summed E-state index contributed by atoms with van der Waals surface area (Å²) in [4.78, 5) is 32.1. The zero-order valence-corrected chi connectivity index (χ0v) is 18.1. The number of rotatable bonds is 5. The van der Waals surface area contributed by atoms with Gasteiger partial charge >= 0.3 is 0 Å². The van der Waals surface area contributed by atoms with Crippen LogP contribution in [-0.4, -0.2) is 44.6 Å². The van der Waals surface area contributed by atoms with Crippen molar-refractivity contribution in [3.05, 3.63) is 64.0 Å². The molecule has 0 radical (unpaired) electrons. The van der Waals surface area contributed by atoms with Crippen molar-refractivity contribution in [3.63, 3.8) is 0 Å². The molecule has 2 N–H and O–H groups in total. The van der Waals surface area contributed by atoms with Crippen molar-refractivity contribution >= 4 is 46.0 Å². The third-order valence-corrected chi connectivity index (χ3v) is 5.74. The van der Waals surface area contributed by atoms with Crippen molar-refractivity contribution < 1.29 is 14.3 Å². The lowest BCUT2D eigenvalue weighted by molar-refractivity contribution is -0.113. The first-order valence-corrected chi connectivity index (χ1v) is 11.0. The Morgan fingerprint density at radius 1 is 1.19 bits per heavy atom. The van der Waals surface area contributed by atoms with Crippen LogP contribution in [-0.2, 0) is 4.79 Å². The van der Waals surface area contributed by atoms with Gasteiger partial charge in [-0.25, -0.2) is 9.67 Å². The van der Waals surface area contributed by atoms with Crippen molar-refractivity contribution in [2.75, 3.05) is 24.3 Å². The number of carbonyl (C=O) groups is 1. The summed E-state index contributed by atoms with van der Waals surface area (Å²) in [6.45, 7) is 0.967. The van der Waals surface area contributed by atoms with Gasteiger partial charge in [0.2, 0.25) is 5.91 Å². The molecule has 11 heteroatoms. The maximum atomic E-state index is 12.5. The first-order valence-electron chi connectivity index (χ1n) is 9.63. The van der Waals surface area contributed by atoms with E-state index in [4.69, 9.17) is 21.1 Å². The molecule has 1 aliphatic heterocycles. The van der Waals surface area contributed by atoms with Crippen LogP contribution in [0, 0.1) is 0 Å². The van der Waals surface area contributed by atoms with Crippen LogP contribution in [0.15, 0.2) is 58.6 Å². The van der Waals surface area contributed by atoms with Crippen LogP contribution in [0.1, 0.15) is 0 Å². The van der Waals surface area contributed by atoms with Gasteiger partial charge in [-0.3, -0.25) is 9.59 Å². The predicted octanol–water partition coefficient (Wildman–Crippen LogP) is 3.26. The van der Waals surface area contributed by atoms with Gasteiger partial charge in [-0.2, -0.15) is 5.10 Å². The molecule has 3 heterocycles. The van der Waals surface area contributed by atoms with Gasteiger partial charge in [-0.05, 0) is 30.3 Å². The number of hydrogen-bond acceptors (Lipinski definition) is 7. The summed E-state index contributed by atoms with van der Waals surface area (Å²) in [6, 6.07) is 12.3. The van der Waals surface area contributed by atoms with E-state index in [1.165, 1.54) is 10.9 Å². The Labute approximate surface area is 190 Å². The number of ether oxygens (including phenoxy) is 2. The number of fused-ring (bicyclic) bond motifs is 2. The fourth-order valence-corrected chi connectivity index (χ4v) is 4.06. The van der Waals surface area contributed by atoms with Crippen molar-refractivity contribution in [2.45, 2.75) is 5.16 Å². The summed E-state index contributed by atoms with van der Waals surface area (Å²) >= 11 is 7.19. The van der Waals surface area contributed by atoms with Crippen LogP contribution in [0.4, 0.5) is 5.69 Å². The van der Waals surface area contributed by atoms with Crippen molar-refractivity contribution in [1.29, 1.82) is 0 Å². The Morgan fingerprint density at radius 2 is 2.03 bits per heavy atom. The highest BCUT2D eigenvalue weighted by molar-refractivity contribution is 7.99. The minimum atomic E-state index is -0.335. The molecule has 0 aliphatic carbocycles. The van der Waals surface area contributed by atoms with Gasteiger partial charge < -0.3 is 19.8 Å². The molecule has 2 aromatic heterocycles. The van der Waals surface area contributed by atoms with Gasteiger partial charge in [0.25, 0.3) is 5.56 Å². The highest BCUT2D eigenvalue weighted by atomic mass is 35.5. The number of thioether (sulfide) groups is 1. The summed E-state index contributed by atoms with van der Waals surface area (Å²) in [7, 11) is 0. The van der Waals surface area contributed by atoms with Crippen LogP contribution in [0.5, 0.6) is 11.5 Å². The number of aromatic nitrogens is 4. The Kier molecular flexibility index (Phi) is 5.46. The number of aromatic amines is 1. The van der Waals surface area contributed by atoms with Crippen LogP contribution in [0.3, 0.4) is 0 Å². The van der Waals surface area contributed by atoms with Crippen molar-refractivity contribution in [1.82, 2.24) is 19.7 Å². The lowest BCUT2D eigenvalue weighted by Crippen LogP contribution is -2.17. The maximum absolute atomic E-state index is 12.5. The first-order chi connectivity index (χ1) is 15.6. The quantitative estimate of drug-likeness (QED) is 0.341. The molecule has 9 nitrogen and oxygen atoms in total. The summed E-state index contributed by atoms with van der Waals surface area (Å²) in [5.74, 6) is 1.04. The van der Waals surface area contributed by atoms with E-state index in [0.29, 0.717) is 57.3 Å². The molecule has 32 heavy (non-hydrogen) atoms. The van der Waals surface area contributed by atoms with Crippen molar-refractivity contribution in [2.24, 2.45) is 0 Å². The summed E-state index contributed by atoms with van der Waals surface area (Å²) < 4.78 is 12.5. The molecular formula is C21H16ClN5O4S. The molecule has 162 valence electrons. The standard InChI is InChI=1S/C21H16ClN5O4S/c22-12-2-1-3-14(8-12)27-19-15(10-23-27)20(29)26-21(25-19)32-11-18(28)24-13-4-5-16-17(9-13)31-7-6-30-16/h1-5,8-10H,6-7,11H2,(H,24,28)(H,25,26,29). The minimum absolute atomic E-state index is 0.0498. The van der Waals surface area contributed by atoms with Gasteiger partial charge in [0, 0.05) is 16.8 Å². The minimum Gasteiger partial charge on any atom is -0.486 e. The normalized spacial score (nSPS) is 12.7. The number of halogens is 1. The highest BCUT2D eigenvalue weighted by Gasteiger charge is 2.15. The molecule has 0 fully saturated rings. The smallest absolute Gasteiger partial charge is 0.262 e. The van der Waals surface area contributed by atoms with E-state index < -0.39 is 0 Å². The molecule has 1 aliphatic rings. The van der Waals surface area contributed by atoms with E-state index in [1.807, 2.05) is 6.07 Å². The molecule has 0 saturated heterocycles. The number of nitrogens with zero attached hydrogens (tertiary/aromatic N) is 3. The van der Waals surface area contributed by atoms with E-state index in [1.54, 1.807) is 36.4 Å². The molecule has 0 spiro atoms. The molecule has 0 atom stereocenters. The lowest BCUT2D eigenvalue weighted by Gasteiger charge is -2.18. The van der Waals surface area contributed by atoms with E-state index in [9.17, 15) is 9.59 Å². The number of H-pyrrole nitrogens is 1. The molecule has 5 rings (SSSR count). The SMILES string of the molecule is O=C(CSc1nc2c(cnn2-c2cccc(Cl)c2)c(=O)[nH]1)Nc1ccc2c(c1)OCCO2. The average molecular weight is 470 g/mol. The molecule has 0 unspecified atom stereocenters. The van der Waals surface area contributed by atoms with Gasteiger partial charge in [0.05, 0.1) is 17.6 Å². The number of carbonyl (C=O) groups excluding carboxylic acids is 1. The van der Waals surface area contributed by atoms with E-state index in [0.717, 1.165) is 11.8 Å². The molecule has 1 amide bonds. The van der Waals surface area contributed by atoms with Crippen molar-refractivity contribution in [3.8, 4) is 17.2 Å². The van der Waals surface area contributed by atoms with Gasteiger partial charge in [0.15, 0.2) is 22.3 Å². The third-order valence-electron chi connectivity index (χ3n) is 4.64. The van der Waals surface area contributed by atoms with Crippen LogP contribution in [0.2, 0.25) is 5.02 Å². The van der Waals surface area contributed by atoms with Gasteiger partial charge in [-0.15, -0.1) is 0 Å². The number of hydrogen-bond donors (Lipinski definition) is 2. The van der Waals surface area contributed by atoms with E-state index in [-0.39, 0.29) is 17.2 Å². The maximum Gasteiger partial charge on any atom is 0.262 e. The summed E-state index contributed by atoms with van der Waals surface area (Å²) in [5, 5.41) is 8.26. The topological polar surface area (TPSA) is 111 Å². The monoisotopic (exact) mass is 469 g/mol. The average Bonchev–Trinajstić information content (AvgIpc) is 3.22. The molecule has 0 saturated carbocycles. The predicted molar refractivity (Wildman–Crippen MR) is 121 cm³/mol. The number of anilines is 1.